The molecule has 0 aliphatic heterocycles. The topological polar surface area (TPSA) is 23.5 Å². The Labute approximate surface area is 83.7 Å². The fourth-order valence-electron chi connectivity index (χ4n) is 1.15. The normalized spacial score (nSPS) is 12.7. The highest BCUT2D eigenvalue weighted by atomic mass is 35.5. The van der Waals surface area contributed by atoms with Crippen LogP contribution in [0.25, 0.3) is 0 Å². The molecule has 0 saturated carbocycles. The number of aliphatic hydroxyl groups excluding tert-OH is 1. The van der Waals surface area contributed by atoms with E-state index in [-0.39, 0.29) is 0 Å². The molecule has 1 rings (SSSR count). The molecule has 1 aromatic carbocycles. The average molecular weight is 200 g/mol. The second-order valence-electron chi connectivity index (χ2n) is 3.28. The van der Waals surface area contributed by atoms with E-state index in [1.807, 2.05) is 31.1 Å². The van der Waals surface area contributed by atoms with Crippen LogP contribution in [0.4, 0.5) is 5.69 Å². The van der Waals surface area contributed by atoms with Crippen molar-refractivity contribution < 1.29 is 5.11 Å². The third kappa shape index (κ3) is 2.36. The number of benzene rings is 1. The van der Waals surface area contributed by atoms with E-state index in [2.05, 4.69) is 0 Å². The summed E-state index contributed by atoms with van der Waals surface area (Å²) in [5.41, 5.74) is 1.81. The number of nitrogens with zero attached hydrogens (tertiary/aromatic N) is 1. The third-order valence-corrected chi connectivity index (χ3v) is 2.24. The summed E-state index contributed by atoms with van der Waals surface area (Å²) in [4.78, 5) is 1.94. The Morgan fingerprint density at radius 2 is 2.00 bits per heavy atom. The van der Waals surface area contributed by atoms with Crippen molar-refractivity contribution in [1.29, 1.82) is 0 Å². The summed E-state index contributed by atoms with van der Waals surface area (Å²) in [5, 5.41) is 9.98. The number of halogens is 1. The smallest absolute Gasteiger partial charge is 0.0762 e. The van der Waals surface area contributed by atoms with Crippen molar-refractivity contribution in [2.24, 2.45) is 0 Å². The molecule has 0 radical (unpaired) electrons. The van der Waals surface area contributed by atoms with E-state index >= 15 is 0 Å². The van der Waals surface area contributed by atoms with Crippen LogP contribution in [0.1, 0.15) is 18.6 Å². The highest BCUT2D eigenvalue weighted by molar-refractivity contribution is 6.33. The molecular weight excluding hydrogens is 186 g/mol. The first kappa shape index (κ1) is 10.4. The second-order valence-corrected chi connectivity index (χ2v) is 3.69. The van der Waals surface area contributed by atoms with E-state index in [4.69, 9.17) is 11.6 Å². The lowest BCUT2D eigenvalue weighted by molar-refractivity contribution is 0.199. The van der Waals surface area contributed by atoms with E-state index in [1.165, 1.54) is 0 Å². The third-order valence-electron chi connectivity index (χ3n) is 1.94. The number of aliphatic hydroxyl groups is 1. The van der Waals surface area contributed by atoms with Crippen molar-refractivity contribution in [1.82, 2.24) is 0 Å². The van der Waals surface area contributed by atoms with Crippen LogP contribution in [0.2, 0.25) is 5.02 Å². The fraction of sp³-hybridized carbons (Fsp3) is 0.400. The van der Waals surface area contributed by atoms with Gasteiger partial charge in [-0.3, -0.25) is 0 Å². The van der Waals surface area contributed by atoms with Gasteiger partial charge >= 0.3 is 0 Å². The Morgan fingerprint density at radius 1 is 1.38 bits per heavy atom. The van der Waals surface area contributed by atoms with Gasteiger partial charge in [0.05, 0.1) is 16.8 Å². The van der Waals surface area contributed by atoms with Crippen LogP contribution in [-0.2, 0) is 0 Å². The minimum Gasteiger partial charge on any atom is -0.389 e. The molecule has 72 valence electrons. The second kappa shape index (κ2) is 3.99. The van der Waals surface area contributed by atoms with E-state index in [1.54, 1.807) is 13.0 Å². The molecule has 0 spiro atoms. The number of hydrogen-bond acceptors (Lipinski definition) is 2. The Hall–Kier alpha value is -0.730. The minimum atomic E-state index is -0.464. The quantitative estimate of drug-likeness (QED) is 0.791. The molecule has 0 amide bonds. The van der Waals surface area contributed by atoms with Gasteiger partial charge in [0.25, 0.3) is 0 Å². The van der Waals surface area contributed by atoms with Gasteiger partial charge < -0.3 is 10.0 Å². The maximum absolute atomic E-state index is 9.31. The number of hydrogen-bond donors (Lipinski definition) is 1. The van der Waals surface area contributed by atoms with Crippen molar-refractivity contribution >= 4 is 17.3 Å². The first-order chi connectivity index (χ1) is 6.02. The Bertz CT molecular complexity index is 297. The predicted octanol–water partition coefficient (Wildman–Crippen LogP) is 2.46. The van der Waals surface area contributed by atoms with Crippen LogP contribution in [0.15, 0.2) is 18.2 Å². The highest BCUT2D eigenvalue weighted by Gasteiger charge is 2.06. The van der Waals surface area contributed by atoms with Crippen molar-refractivity contribution in [3.8, 4) is 0 Å². The molecule has 0 saturated heterocycles. The largest absolute Gasteiger partial charge is 0.389 e. The predicted molar refractivity (Wildman–Crippen MR) is 56.4 cm³/mol. The highest BCUT2D eigenvalue weighted by Crippen LogP contribution is 2.27. The lowest BCUT2D eigenvalue weighted by atomic mass is 10.1. The monoisotopic (exact) mass is 199 g/mol. The van der Waals surface area contributed by atoms with Crippen LogP contribution in [-0.4, -0.2) is 19.2 Å². The SMILES string of the molecule is C[C@@H](O)c1ccc(N(C)C)c(Cl)c1. The first-order valence-corrected chi connectivity index (χ1v) is 4.55. The van der Waals surface area contributed by atoms with E-state index in [0.29, 0.717) is 5.02 Å². The molecule has 0 aromatic heterocycles. The number of rotatable bonds is 2. The molecule has 0 aliphatic rings. The van der Waals surface area contributed by atoms with Gasteiger partial charge in [0.2, 0.25) is 0 Å². The Balaban J connectivity index is 3.06. The Morgan fingerprint density at radius 3 is 2.38 bits per heavy atom. The molecule has 1 atom stereocenters. The molecule has 0 bridgehead atoms. The minimum absolute atomic E-state index is 0.464. The van der Waals surface area contributed by atoms with Crippen molar-refractivity contribution in [3.05, 3.63) is 28.8 Å². The standard InChI is InChI=1S/C10H14ClNO/c1-7(13)8-4-5-10(12(2)3)9(11)6-8/h4-7,13H,1-3H3/t7-/m1/s1. The summed E-state index contributed by atoms with van der Waals surface area (Å²) in [6.45, 7) is 1.72. The molecule has 0 unspecified atom stereocenters. The lowest BCUT2D eigenvalue weighted by Gasteiger charge is -2.15. The summed E-state index contributed by atoms with van der Waals surface area (Å²) >= 11 is 6.02. The molecule has 0 fully saturated rings. The van der Waals surface area contributed by atoms with Crippen LogP contribution in [0, 0.1) is 0 Å². The van der Waals surface area contributed by atoms with Crippen LogP contribution < -0.4 is 4.90 Å². The summed E-state index contributed by atoms with van der Waals surface area (Å²) in [7, 11) is 3.87. The van der Waals surface area contributed by atoms with Gasteiger partial charge in [0.1, 0.15) is 0 Å². The molecule has 3 heteroatoms. The van der Waals surface area contributed by atoms with Crippen molar-refractivity contribution in [2.75, 3.05) is 19.0 Å². The van der Waals surface area contributed by atoms with Gasteiger partial charge in [0, 0.05) is 14.1 Å². The van der Waals surface area contributed by atoms with Gasteiger partial charge in [-0.05, 0) is 24.6 Å². The maximum Gasteiger partial charge on any atom is 0.0762 e. The summed E-state index contributed by atoms with van der Waals surface area (Å²) in [6.07, 6.45) is -0.464. The molecular formula is C10H14ClNO. The van der Waals surface area contributed by atoms with Crippen LogP contribution in [0.3, 0.4) is 0 Å². The lowest BCUT2D eigenvalue weighted by Crippen LogP contribution is -2.09. The van der Waals surface area contributed by atoms with Gasteiger partial charge in [-0.2, -0.15) is 0 Å². The summed E-state index contributed by atoms with van der Waals surface area (Å²) in [5.74, 6) is 0. The van der Waals surface area contributed by atoms with Crippen LogP contribution in [0.5, 0.6) is 0 Å². The Kier molecular flexibility index (Phi) is 3.17. The zero-order valence-corrected chi connectivity index (χ0v) is 8.84. The zero-order chi connectivity index (χ0) is 10.0. The van der Waals surface area contributed by atoms with E-state index in [9.17, 15) is 5.11 Å². The molecule has 2 nitrogen and oxygen atoms in total. The van der Waals surface area contributed by atoms with Crippen molar-refractivity contribution in [3.63, 3.8) is 0 Å². The average Bonchev–Trinajstić information content (AvgIpc) is 2.03. The number of anilines is 1. The van der Waals surface area contributed by atoms with E-state index < -0.39 is 6.10 Å². The maximum atomic E-state index is 9.31. The van der Waals surface area contributed by atoms with Gasteiger partial charge in [0.15, 0.2) is 0 Å². The van der Waals surface area contributed by atoms with Crippen molar-refractivity contribution in [2.45, 2.75) is 13.0 Å². The molecule has 13 heavy (non-hydrogen) atoms. The van der Waals surface area contributed by atoms with Gasteiger partial charge in [-0.15, -0.1) is 0 Å². The van der Waals surface area contributed by atoms with Crippen LogP contribution >= 0.6 is 11.6 Å². The van der Waals surface area contributed by atoms with Gasteiger partial charge in [-0.25, -0.2) is 0 Å². The molecule has 0 heterocycles. The van der Waals surface area contributed by atoms with E-state index in [0.717, 1.165) is 11.3 Å². The van der Waals surface area contributed by atoms with Gasteiger partial charge in [-0.1, -0.05) is 17.7 Å². The molecule has 1 aromatic rings. The fourth-order valence-corrected chi connectivity index (χ4v) is 1.50. The summed E-state index contributed by atoms with van der Waals surface area (Å²) < 4.78 is 0. The molecule has 0 aliphatic carbocycles. The summed E-state index contributed by atoms with van der Waals surface area (Å²) in [6, 6.07) is 5.58. The first-order valence-electron chi connectivity index (χ1n) is 4.17. The zero-order valence-electron chi connectivity index (χ0n) is 8.08. The molecule has 1 N–H and O–H groups in total.